The number of anilines is 1. The van der Waals surface area contributed by atoms with Crippen molar-refractivity contribution >= 4 is 21.6 Å². The van der Waals surface area contributed by atoms with E-state index in [1.54, 1.807) is 43.4 Å². The summed E-state index contributed by atoms with van der Waals surface area (Å²) in [4.78, 5) is 18.1. The molecule has 2 aliphatic rings. The second-order valence-electron chi connectivity index (χ2n) is 13.8. The van der Waals surface area contributed by atoms with Gasteiger partial charge in [0.25, 0.3) is 0 Å². The molecule has 8 nitrogen and oxygen atoms in total. The molecule has 6 rings (SSSR count). The number of carbonyl (C=O) groups excluding carboxylic acids is 1. The molecule has 3 aromatic carbocycles. The summed E-state index contributed by atoms with van der Waals surface area (Å²) in [7, 11) is -1.89. The second-order valence-corrected chi connectivity index (χ2v) is 15.8. The number of sulfone groups is 1. The van der Waals surface area contributed by atoms with Crippen LogP contribution in [0.25, 0.3) is 0 Å². The van der Waals surface area contributed by atoms with Gasteiger partial charge in [-0.3, -0.25) is 0 Å². The van der Waals surface area contributed by atoms with Gasteiger partial charge in [-0.2, -0.15) is 0 Å². The van der Waals surface area contributed by atoms with Crippen molar-refractivity contribution in [3.63, 3.8) is 0 Å². The molecule has 0 saturated carbocycles. The first-order chi connectivity index (χ1) is 23.8. The smallest absolute Gasteiger partial charge is 0.407 e. The number of ether oxygens (including phenoxy) is 1. The Morgan fingerprint density at radius 3 is 2.10 bits per heavy atom. The van der Waals surface area contributed by atoms with Gasteiger partial charge in [0.15, 0.2) is 0 Å². The van der Waals surface area contributed by atoms with Gasteiger partial charge in [0, 0.05) is 62.6 Å². The van der Waals surface area contributed by atoms with Gasteiger partial charge in [-0.15, -0.1) is 0 Å². The SMILES string of the molecule is CCC[C@H](CC(Cn1cccc1)(c1ccccc1)C1CCN(CC2CN(c3ccc(S(=O)(=O)c4ccccc4)cc3)C2)CC1)OC(=O)NC. The van der Waals surface area contributed by atoms with Crippen molar-refractivity contribution in [1.29, 1.82) is 0 Å². The predicted molar refractivity (Wildman–Crippen MR) is 195 cm³/mol. The van der Waals surface area contributed by atoms with E-state index in [1.807, 2.05) is 18.2 Å². The minimum absolute atomic E-state index is 0.174. The molecule has 1 N–H and O–H groups in total. The van der Waals surface area contributed by atoms with Crippen LogP contribution < -0.4 is 10.2 Å². The number of piperidine rings is 1. The zero-order valence-corrected chi connectivity index (χ0v) is 29.6. The maximum atomic E-state index is 13.0. The lowest BCUT2D eigenvalue weighted by atomic mass is 9.63. The lowest BCUT2D eigenvalue weighted by Crippen LogP contribution is -2.54. The normalized spacial score (nSPS) is 18.0. The van der Waals surface area contributed by atoms with Crippen molar-refractivity contribution in [2.75, 3.05) is 44.7 Å². The number of alkyl carbamates (subject to hydrolysis) is 1. The van der Waals surface area contributed by atoms with E-state index in [4.69, 9.17) is 4.74 Å². The van der Waals surface area contributed by atoms with Gasteiger partial charge in [-0.25, -0.2) is 13.2 Å². The molecule has 4 aromatic rings. The summed E-state index contributed by atoms with van der Waals surface area (Å²) in [6, 6.07) is 31.0. The van der Waals surface area contributed by atoms with Gasteiger partial charge >= 0.3 is 6.09 Å². The molecule has 2 atom stereocenters. The Hall–Kier alpha value is -4.08. The van der Waals surface area contributed by atoms with Crippen LogP contribution in [0.5, 0.6) is 0 Å². The van der Waals surface area contributed by atoms with Gasteiger partial charge in [0.1, 0.15) is 6.10 Å². The van der Waals surface area contributed by atoms with E-state index in [2.05, 4.69) is 81.5 Å². The molecule has 0 radical (unpaired) electrons. The molecule has 1 aromatic heterocycles. The standard InChI is InChI=1S/C40H50N4O4S/c1-3-12-36(48-39(45)41-2)27-40(31-43-23-10-11-24-43,33-13-6-4-7-14-33)34-21-25-42(26-22-34)28-32-29-44(30-32)35-17-19-38(20-18-35)49(46,47)37-15-8-5-9-16-37/h4-11,13-20,23-24,32,34,36H,3,12,21-22,25-31H2,1-2H3,(H,41,45)/t36-,40?/m1/s1. The van der Waals surface area contributed by atoms with Gasteiger partial charge < -0.3 is 24.4 Å². The first-order valence-corrected chi connectivity index (χ1v) is 19.2. The van der Waals surface area contributed by atoms with Crippen LogP contribution in [0.3, 0.4) is 0 Å². The first kappa shape index (κ1) is 34.8. The highest BCUT2D eigenvalue weighted by molar-refractivity contribution is 7.91. The number of nitrogens with one attached hydrogen (secondary N) is 1. The number of amides is 1. The molecule has 0 bridgehead atoms. The topological polar surface area (TPSA) is 83.9 Å². The van der Waals surface area contributed by atoms with Gasteiger partial charge in [-0.1, -0.05) is 61.9 Å². The molecule has 1 unspecified atom stereocenters. The lowest BCUT2D eigenvalue weighted by Gasteiger charge is -2.48. The molecular formula is C40H50N4O4S. The summed E-state index contributed by atoms with van der Waals surface area (Å²) >= 11 is 0. The van der Waals surface area contributed by atoms with Crippen molar-refractivity contribution in [2.45, 2.75) is 66.9 Å². The maximum absolute atomic E-state index is 13.0. The number of nitrogens with zero attached hydrogens (tertiary/aromatic N) is 3. The molecular weight excluding hydrogens is 633 g/mol. The van der Waals surface area contributed by atoms with E-state index in [0.29, 0.717) is 21.6 Å². The molecule has 2 fully saturated rings. The Balaban J connectivity index is 1.10. The monoisotopic (exact) mass is 682 g/mol. The largest absolute Gasteiger partial charge is 0.446 e. The van der Waals surface area contributed by atoms with Crippen LogP contribution in [0.15, 0.2) is 119 Å². The second kappa shape index (κ2) is 15.6. The van der Waals surface area contributed by atoms with Crippen LogP contribution in [0.4, 0.5) is 10.5 Å². The molecule has 2 aliphatic heterocycles. The van der Waals surface area contributed by atoms with E-state index in [1.165, 1.54) is 5.56 Å². The molecule has 49 heavy (non-hydrogen) atoms. The molecule has 0 aliphatic carbocycles. The van der Waals surface area contributed by atoms with Crippen LogP contribution >= 0.6 is 0 Å². The zero-order valence-electron chi connectivity index (χ0n) is 28.8. The van der Waals surface area contributed by atoms with Crippen molar-refractivity contribution in [3.8, 4) is 0 Å². The van der Waals surface area contributed by atoms with Crippen LogP contribution in [-0.2, 0) is 26.5 Å². The van der Waals surface area contributed by atoms with E-state index < -0.39 is 9.84 Å². The third-order valence-electron chi connectivity index (χ3n) is 10.6. The molecule has 1 amide bonds. The first-order valence-electron chi connectivity index (χ1n) is 17.7. The van der Waals surface area contributed by atoms with Crippen molar-refractivity contribution in [1.82, 2.24) is 14.8 Å². The number of likely N-dealkylation sites (tertiary alicyclic amines) is 1. The highest BCUT2D eigenvalue weighted by Gasteiger charge is 2.44. The van der Waals surface area contributed by atoms with Crippen LogP contribution in [0.2, 0.25) is 0 Å². The summed E-state index contributed by atoms with van der Waals surface area (Å²) < 4.78 is 34.3. The molecule has 3 heterocycles. The van der Waals surface area contributed by atoms with Crippen LogP contribution in [-0.4, -0.2) is 69.9 Å². The van der Waals surface area contributed by atoms with Crippen LogP contribution in [0, 0.1) is 11.8 Å². The van der Waals surface area contributed by atoms with E-state index in [0.717, 1.165) is 77.1 Å². The number of benzene rings is 3. The Morgan fingerprint density at radius 2 is 1.49 bits per heavy atom. The number of hydrogen-bond donors (Lipinski definition) is 1. The minimum Gasteiger partial charge on any atom is -0.446 e. The van der Waals surface area contributed by atoms with Gasteiger partial charge in [0.05, 0.1) is 9.79 Å². The molecule has 0 spiro atoms. The van der Waals surface area contributed by atoms with E-state index in [9.17, 15) is 13.2 Å². The van der Waals surface area contributed by atoms with Gasteiger partial charge in [-0.05, 0) is 98.8 Å². The quantitative estimate of drug-likeness (QED) is 0.154. The zero-order chi connectivity index (χ0) is 34.3. The molecule has 260 valence electrons. The highest BCUT2D eigenvalue weighted by atomic mass is 32.2. The number of rotatable bonds is 14. The average Bonchev–Trinajstić information content (AvgIpc) is 3.63. The highest BCUT2D eigenvalue weighted by Crippen LogP contribution is 2.45. The lowest BCUT2D eigenvalue weighted by molar-refractivity contribution is 0.0359. The molecule has 9 heteroatoms. The minimum atomic E-state index is -3.52. The maximum Gasteiger partial charge on any atom is 0.407 e. The fourth-order valence-corrected chi connectivity index (χ4v) is 9.30. The Bertz CT molecular complexity index is 1720. The Kier molecular flexibility index (Phi) is 11.1. The number of aromatic nitrogens is 1. The van der Waals surface area contributed by atoms with Crippen molar-refractivity contribution < 1.29 is 17.9 Å². The van der Waals surface area contributed by atoms with Crippen molar-refractivity contribution in [3.05, 3.63) is 115 Å². The fraction of sp³-hybridized carbons (Fsp3) is 0.425. The average molecular weight is 683 g/mol. The predicted octanol–water partition coefficient (Wildman–Crippen LogP) is 7.02. The summed E-state index contributed by atoms with van der Waals surface area (Å²) in [6.07, 6.45) is 8.50. The Labute approximate surface area is 292 Å². The summed E-state index contributed by atoms with van der Waals surface area (Å²) in [5.41, 5.74) is 2.20. The third-order valence-corrected chi connectivity index (χ3v) is 12.4. The van der Waals surface area contributed by atoms with Crippen molar-refractivity contribution in [2.24, 2.45) is 11.8 Å². The Morgan fingerprint density at radius 1 is 0.878 bits per heavy atom. The number of carbonyl (C=O) groups is 1. The summed E-state index contributed by atoms with van der Waals surface area (Å²) in [5, 5.41) is 2.67. The summed E-state index contributed by atoms with van der Waals surface area (Å²) in [6.45, 7) is 8.10. The summed E-state index contributed by atoms with van der Waals surface area (Å²) in [5.74, 6) is 1.02. The van der Waals surface area contributed by atoms with E-state index >= 15 is 0 Å². The molecule has 2 saturated heterocycles. The third kappa shape index (κ3) is 8.05. The fourth-order valence-electron chi connectivity index (χ4n) is 8.02. The number of hydrogen-bond acceptors (Lipinski definition) is 6. The van der Waals surface area contributed by atoms with Gasteiger partial charge in [0.2, 0.25) is 9.84 Å². The van der Waals surface area contributed by atoms with Crippen LogP contribution in [0.1, 0.15) is 44.6 Å². The van der Waals surface area contributed by atoms with E-state index in [-0.39, 0.29) is 17.6 Å².